The third kappa shape index (κ3) is 3.23. The first kappa shape index (κ1) is 16.3. The zero-order valence-corrected chi connectivity index (χ0v) is 13.7. The first-order chi connectivity index (χ1) is 10.6. The highest BCUT2D eigenvalue weighted by Crippen LogP contribution is 2.40. The summed E-state index contributed by atoms with van der Waals surface area (Å²) in [5.41, 5.74) is 0.610. The maximum atomic E-state index is 12.2. The first-order valence-corrected chi connectivity index (χ1v) is 7.20. The molecule has 0 aliphatic heterocycles. The zero-order valence-electron chi connectivity index (χ0n) is 12.1. The van der Waals surface area contributed by atoms with Gasteiger partial charge in [-0.3, -0.25) is 0 Å². The zero-order chi connectivity index (χ0) is 16.1. The number of ether oxygens (including phenoxy) is 4. The molecule has 2 rings (SSSR count). The van der Waals surface area contributed by atoms with E-state index < -0.39 is 5.97 Å². The molecule has 0 fully saturated rings. The Labute approximate surface area is 135 Å². The van der Waals surface area contributed by atoms with E-state index in [2.05, 4.69) is 9.59 Å². The normalized spacial score (nSPS) is 10.2. The Kier molecular flexibility index (Phi) is 5.40. The molecule has 1 aromatic carbocycles. The highest BCUT2D eigenvalue weighted by atomic mass is 35.5. The molecule has 22 heavy (non-hydrogen) atoms. The van der Waals surface area contributed by atoms with Crippen LogP contribution in [-0.4, -0.2) is 36.9 Å². The number of carbonyl (C=O) groups excluding carboxylic acids is 1. The van der Waals surface area contributed by atoms with Crippen molar-refractivity contribution in [1.29, 1.82) is 0 Å². The second-order valence-electron chi connectivity index (χ2n) is 3.95. The number of aromatic nitrogens is 2. The first-order valence-electron chi connectivity index (χ1n) is 6.05. The lowest BCUT2D eigenvalue weighted by atomic mass is 10.1. The molecule has 0 amide bonds. The van der Waals surface area contributed by atoms with Gasteiger partial charge in [0.2, 0.25) is 5.75 Å². The molecule has 0 unspecified atom stereocenters. The minimum atomic E-state index is -0.595. The van der Waals surface area contributed by atoms with Gasteiger partial charge in [0, 0.05) is 11.5 Å². The molecular weight excluding hydrogens is 332 g/mol. The second kappa shape index (κ2) is 7.28. The summed E-state index contributed by atoms with van der Waals surface area (Å²) in [5, 5.41) is 3.77. The molecule has 0 bridgehead atoms. The topological polar surface area (TPSA) is 79.8 Å². The predicted molar refractivity (Wildman–Crippen MR) is 80.1 cm³/mol. The second-order valence-corrected chi connectivity index (χ2v) is 5.31. The van der Waals surface area contributed by atoms with E-state index in [1.807, 2.05) is 0 Å². The summed E-state index contributed by atoms with van der Waals surface area (Å²) in [6.45, 7) is -0.0777. The molecule has 1 heterocycles. The van der Waals surface area contributed by atoms with Crippen molar-refractivity contribution < 1.29 is 23.7 Å². The van der Waals surface area contributed by atoms with Gasteiger partial charge in [-0.1, -0.05) is 16.1 Å². The highest BCUT2D eigenvalue weighted by Gasteiger charge is 2.22. The summed E-state index contributed by atoms with van der Waals surface area (Å²) in [7, 11) is 4.37. The summed E-state index contributed by atoms with van der Waals surface area (Å²) >= 11 is 6.88. The number of methoxy groups -OCH3 is 3. The number of nitrogens with zero attached hydrogens (tertiary/aromatic N) is 2. The van der Waals surface area contributed by atoms with Gasteiger partial charge in [-0.05, 0) is 12.1 Å². The van der Waals surface area contributed by atoms with Gasteiger partial charge in [-0.2, -0.15) is 0 Å². The van der Waals surface area contributed by atoms with Crippen LogP contribution in [0.25, 0.3) is 0 Å². The van der Waals surface area contributed by atoms with E-state index in [4.69, 9.17) is 30.5 Å². The molecule has 7 nitrogen and oxygen atoms in total. The van der Waals surface area contributed by atoms with Crippen LogP contribution in [0.2, 0.25) is 4.34 Å². The van der Waals surface area contributed by atoms with Crippen LogP contribution in [-0.2, 0) is 11.3 Å². The summed E-state index contributed by atoms with van der Waals surface area (Å²) in [6.07, 6.45) is 0. The highest BCUT2D eigenvalue weighted by molar-refractivity contribution is 7.10. The molecule has 0 saturated carbocycles. The SMILES string of the molecule is COc1ccc(C(=O)OCc2nnsc2Cl)c(OC)c1OC. The van der Waals surface area contributed by atoms with Crippen molar-refractivity contribution in [3.63, 3.8) is 0 Å². The van der Waals surface area contributed by atoms with E-state index in [9.17, 15) is 4.79 Å². The fraction of sp³-hybridized carbons (Fsp3) is 0.308. The number of carbonyl (C=O) groups is 1. The van der Waals surface area contributed by atoms with Crippen LogP contribution in [0, 0.1) is 0 Å². The lowest BCUT2D eigenvalue weighted by Gasteiger charge is -2.14. The number of hydrogen-bond donors (Lipinski definition) is 0. The summed E-state index contributed by atoms with van der Waals surface area (Å²) in [5.74, 6) is 0.395. The fourth-order valence-corrected chi connectivity index (χ4v) is 2.36. The number of rotatable bonds is 6. The van der Waals surface area contributed by atoms with Crippen molar-refractivity contribution in [2.24, 2.45) is 0 Å². The standard InChI is InChI=1S/C13H13ClN2O5S/c1-18-9-5-4-7(10(19-2)11(9)20-3)13(17)21-6-8-12(14)22-16-15-8/h4-5H,6H2,1-3H3. The number of hydrogen-bond acceptors (Lipinski definition) is 8. The van der Waals surface area contributed by atoms with E-state index in [0.29, 0.717) is 21.5 Å². The van der Waals surface area contributed by atoms with Crippen LogP contribution in [0.15, 0.2) is 12.1 Å². The molecular formula is C13H13ClN2O5S. The van der Waals surface area contributed by atoms with Gasteiger partial charge in [0.15, 0.2) is 11.5 Å². The van der Waals surface area contributed by atoms with Crippen LogP contribution in [0.1, 0.15) is 16.1 Å². The van der Waals surface area contributed by atoms with Gasteiger partial charge in [0.05, 0.1) is 21.3 Å². The van der Waals surface area contributed by atoms with Crippen LogP contribution < -0.4 is 14.2 Å². The van der Waals surface area contributed by atoms with Crippen molar-refractivity contribution in [3.05, 3.63) is 27.7 Å². The summed E-state index contributed by atoms with van der Waals surface area (Å²) in [4.78, 5) is 12.2. The number of halogens is 1. The molecule has 1 aromatic heterocycles. The van der Waals surface area contributed by atoms with Crippen LogP contribution >= 0.6 is 23.1 Å². The summed E-state index contributed by atoms with van der Waals surface area (Å²) < 4.78 is 24.8. The summed E-state index contributed by atoms with van der Waals surface area (Å²) in [6, 6.07) is 3.12. The Morgan fingerprint density at radius 1 is 1.18 bits per heavy atom. The van der Waals surface area contributed by atoms with E-state index in [1.54, 1.807) is 6.07 Å². The molecule has 118 valence electrons. The lowest BCUT2D eigenvalue weighted by molar-refractivity contribution is 0.0463. The maximum Gasteiger partial charge on any atom is 0.342 e. The van der Waals surface area contributed by atoms with Crippen LogP contribution in [0.3, 0.4) is 0 Å². The van der Waals surface area contributed by atoms with Crippen LogP contribution in [0.5, 0.6) is 17.2 Å². The van der Waals surface area contributed by atoms with E-state index >= 15 is 0 Å². The fourth-order valence-electron chi connectivity index (χ4n) is 1.76. The minimum absolute atomic E-state index is 0.0777. The van der Waals surface area contributed by atoms with Crippen molar-refractivity contribution in [3.8, 4) is 17.2 Å². The average molecular weight is 345 g/mol. The van der Waals surface area contributed by atoms with E-state index in [-0.39, 0.29) is 17.9 Å². The van der Waals surface area contributed by atoms with Gasteiger partial charge in [-0.15, -0.1) is 5.10 Å². The van der Waals surface area contributed by atoms with Gasteiger partial charge in [0.25, 0.3) is 0 Å². The van der Waals surface area contributed by atoms with Gasteiger partial charge < -0.3 is 18.9 Å². The molecule has 0 spiro atoms. The van der Waals surface area contributed by atoms with Crippen molar-refractivity contribution >= 4 is 29.1 Å². The quantitative estimate of drug-likeness (QED) is 0.745. The van der Waals surface area contributed by atoms with E-state index in [0.717, 1.165) is 11.5 Å². The molecule has 0 aliphatic rings. The molecule has 0 atom stereocenters. The third-order valence-electron chi connectivity index (χ3n) is 2.77. The van der Waals surface area contributed by atoms with Gasteiger partial charge >= 0.3 is 5.97 Å². The Morgan fingerprint density at radius 2 is 1.91 bits per heavy atom. The Balaban J connectivity index is 2.24. The molecule has 0 aliphatic carbocycles. The smallest absolute Gasteiger partial charge is 0.342 e. The van der Waals surface area contributed by atoms with Gasteiger partial charge in [0.1, 0.15) is 22.2 Å². The average Bonchev–Trinajstić information content (AvgIpc) is 2.95. The third-order valence-corrected chi connectivity index (χ3v) is 3.76. The van der Waals surface area contributed by atoms with Gasteiger partial charge in [-0.25, -0.2) is 4.79 Å². The van der Waals surface area contributed by atoms with Crippen LogP contribution in [0.4, 0.5) is 0 Å². The van der Waals surface area contributed by atoms with Crippen molar-refractivity contribution in [2.75, 3.05) is 21.3 Å². The molecule has 0 radical (unpaired) electrons. The van der Waals surface area contributed by atoms with Crippen molar-refractivity contribution in [2.45, 2.75) is 6.61 Å². The Morgan fingerprint density at radius 3 is 2.45 bits per heavy atom. The minimum Gasteiger partial charge on any atom is -0.493 e. The molecule has 0 saturated heterocycles. The molecule has 0 N–H and O–H groups in total. The number of benzene rings is 1. The largest absolute Gasteiger partial charge is 0.493 e. The molecule has 9 heteroatoms. The Hall–Kier alpha value is -2.06. The molecule has 2 aromatic rings. The predicted octanol–water partition coefficient (Wildman–Crippen LogP) is 2.57. The van der Waals surface area contributed by atoms with Crippen molar-refractivity contribution in [1.82, 2.24) is 9.59 Å². The number of esters is 1. The lowest BCUT2D eigenvalue weighted by Crippen LogP contribution is -2.09. The van der Waals surface area contributed by atoms with E-state index in [1.165, 1.54) is 27.4 Å². The monoisotopic (exact) mass is 344 g/mol. The Bertz CT molecular complexity index is 676. The maximum absolute atomic E-state index is 12.2.